The number of carbonyl (C=O) groups is 2. The first kappa shape index (κ1) is 13.0. The predicted octanol–water partition coefficient (Wildman–Crippen LogP) is 0.662. The molecule has 6 heteroatoms. The van der Waals surface area contributed by atoms with E-state index in [-0.39, 0.29) is 6.54 Å². The number of nitrogens with zero attached hydrogens (tertiary/aromatic N) is 1. The summed E-state index contributed by atoms with van der Waals surface area (Å²) < 4.78 is 0. The molecular weight excluding hydrogens is 222 g/mol. The average molecular weight is 237 g/mol. The normalized spacial score (nSPS) is 11.6. The lowest BCUT2D eigenvalue weighted by molar-refractivity contribution is -0.138. The molecule has 0 aliphatic heterocycles. The molecule has 1 rings (SSSR count). The second-order valence-electron chi connectivity index (χ2n) is 3.65. The van der Waals surface area contributed by atoms with Gasteiger partial charge in [0.2, 0.25) is 0 Å². The van der Waals surface area contributed by atoms with Gasteiger partial charge < -0.3 is 15.7 Å². The highest BCUT2D eigenvalue weighted by Crippen LogP contribution is 2.01. The molecule has 0 aliphatic rings. The molecule has 1 heterocycles. The summed E-state index contributed by atoms with van der Waals surface area (Å²) in [5.41, 5.74) is 1.73. The van der Waals surface area contributed by atoms with Crippen LogP contribution in [0.25, 0.3) is 0 Å². The minimum Gasteiger partial charge on any atom is -0.480 e. The highest BCUT2D eigenvalue weighted by molar-refractivity contribution is 5.82. The molecule has 0 saturated heterocycles. The number of rotatable bonds is 4. The second-order valence-corrected chi connectivity index (χ2v) is 3.65. The Labute approximate surface area is 99.1 Å². The Bertz CT molecular complexity index is 420. The van der Waals surface area contributed by atoms with Crippen LogP contribution in [-0.4, -0.2) is 28.1 Å². The molecule has 1 atom stereocenters. The third-order valence-electron chi connectivity index (χ3n) is 2.25. The molecule has 1 aromatic heterocycles. The van der Waals surface area contributed by atoms with Crippen LogP contribution in [0.3, 0.4) is 0 Å². The number of aliphatic carboxylic acids is 1. The molecular formula is C11H15N3O3. The molecule has 3 N–H and O–H groups in total. The van der Waals surface area contributed by atoms with Crippen LogP contribution in [0, 0.1) is 6.92 Å². The highest BCUT2D eigenvalue weighted by Gasteiger charge is 2.13. The van der Waals surface area contributed by atoms with Crippen LogP contribution < -0.4 is 10.6 Å². The second kappa shape index (κ2) is 5.83. The summed E-state index contributed by atoms with van der Waals surface area (Å²) in [5.74, 6) is -1.07. The van der Waals surface area contributed by atoms with Gasteiger partial charge in [-0.15, -0.1) is 0 Å². The lowest BCUT2D eigenvalue weighted by atomic mass is 10.2. The number of amides is 2. The van der Waals surface area contributed by atoms with Crippen molar-refractivity contribution >= 4 is 12.0 Å². The first-order chi connectivity index (χ1) is 8.00. The molecule has 1 aromatic rings. The van der Waals surface area contributed by atoms with Gasteiger partial charge >= 0.3 is 12.0 Å². The third-order valence-corrected chi connectivity index (χ3v) is 2.25. The van der Waals surface area contributed by atoms with Gasteiger partial charge in [0.25, 0.3) is 0 Å². The van der Waals surface area contributed by atoms with Crippen LogP contribution in [0.1, 0.15) is 18.2 Å². The summed E-state index contributed by atoms with van der Waals surface area (Å²) >= 11 is 0. The molecule has 2 amide bonds. The van der Waals surface area contributed by atoms with Gasteiger partial charge in [0.15, 0.2) is 0 Å². The van der Waals surface area contributed by atoms with E-state index in [2.05, 4.69) is 15.6 Å². The maximum absolute atomic E-state index is 11.3. The van der Waals surface area contributed by atoms with Crippen molar-refractivity contribution in [3.05, 3.63) is 29.6 Å². The standard InChI is InChI=1S/C11H15N3O3/c1-7-4-3-5-12-9(7)6-13-11(17)14-8(2)10(15)16/h3-5,8H,6H2,1-2H3,(H,15,16)(H2,13,14,17)/t8-/m1/s1. The van der Waals surface area contributed by atoms with Crippen molar-refractivity contribution in [3.8, 4) is 0 Å². The van der Waals surface area contributed by atoms with E-state index >= 15 is 0 Å². The van der Waals surface area contributed by atoms with Crippen LogP contribution in [0.15, 0.2) is 18.3 Å². The lowest BCUT2D eigenvalue weighted by Gasteiger charge is -2.11. The molecule has 0 fully saturated rings. The Morgan fingerprint density at radius 2 is 2.24 bits per heavy atom. The van der Waals surface area contributed by atoms with E-state index in [0.29, 0.717) is 0 Å². The van der Waals surface area contributed by atoms with Gasteiger partial charge in [-0.1, -0.05) is 6.07 Å². The summed E-state index contributed by atoms with van der Waals surface area (Å²) in [7, 11) is 0. The molecule has 0 aliphatic carbocycles. The number of urea groups is 1. The number of hydrogen-bond donors (Lipinski definition) is 3. The number of aryl methyl sites for hydroxylation is 1. The average Bonchev–Trinajstić information content (AvgIpc) is 2.27. The summed E-state index contributed by atoms with van der Waals surface area (Å²) in [6.45, 7) is 3.56. The largest absolute Gasteiger partial charge is 0.480 e. The first-order valence-electron chi connectivity index (χ1n) is 5.18. The highest BCUT2D eigenvalue weighted by atomic mass is 16.4. The van der Waals surface area contributed by atoms with E-state index < -0.39 is 18.0 Å². The lowest BCUT2D eigenvalue weighted by Crippen LogP contribution is -2.44. The number of hydrogen-bond acceptors (Lipinski definition) is 3. The zero-order valence-corrected chi connectivity index (χ0v) is 9.73. The van der Waals surface area contributed by atoms with Gasteiger partial charge in [-0.25, -0.2) is 4.79 Å². The van der Waals surface area contributed by atoms with Crippen molar-refractivity contribution in [3.63, 3.8) is 0 Å². The molecule has 17 heavy (non-hydrogen) atoms. The van der Waals surface area contributed by atoms with Crippen molar-refractivity contribution in [2.75, 3.05) is 0 Å². The van der Waals surface area contributed by atoms with Crippen LogP contribution >= 0.6 is 0 Å². The van der Waals surface area contributed by atoms with Crippen LogP contribution in [0.5, 0.6) is 0 Å². The fraction of sp³-hybridized carbons (Fsp3) is 0.364. The number of carboxylic acid groups (broad SMARTS) is 1. The van der Waals surface area contributed by atoms with Crippen molar-refractivity contribution in [1.82, 2.24) is 15.6 Å². The van der Waals surface area contributed by atoms with E-state index in [1.54, 1.807) is 6.20 Å². The van der Waals surface area contributed by atoms with E-state index in [4.69, 9.17) is 5.11 Å². The zero-order chi connectivity index (χ0) is 12.8. The van der Waals surface area contributed by atoms with E-state index in [1.807, 2.05) is 19.1 Å². The number of carbonyl (C=O) groups excluding carboxylic acids is 1. The Kier molecular flexibility index (Phi) is 4.45. The van der Waals surface area contributed by atoms with Crippen LogP contribution in [0.2, 0.25) is 0 Å². The third kappa shape index (κ3) is 4.10. The topological polar surface area (TPSA) is 91.3 Å². The molecule has 0 aromatic carbocycles. The Morgan fingerprint density at radius 3 is 2.82 bits per heavy atom. The van der Waals surface area contributed by atoms with Gasteiger partial charge in [-0.05, 0) is 25.5 Å². The monoisotopic (exact) mass is 237 g/mol. The summed E-state index contributed by atoms with van der Waals surface area (Å²) in [5, 5.41) is 13.4. The molecule has 6 nitrogen and oxygen atoms in total. The Balaban J connectivity index is 2.44. The number of carboxylic acids is 1. The first-order valence-corrected chi connectivity index (χ1v) is 5.18. The Hall–Kier alpha value is -2.11. The number of pyridine rings is 1. The molecule has 0 saturated carbocycles. The summed E-state index contributed by atoms with van der Waals surface area (Å²) in [4.78, 5) is 25.9. The maximum atomic E-state index is 11.3. The molecule has 92 valence electrons. The number of aromatic nitrogens is 1. The van der Waals surface area contributed by atoms with E-state index in [0.717, 1.165) is 11.3 Å². The smallest absolute Gasteiger partial charge is 0.325 e. The molecule has 0 bridgehead atoms. The van der Waals surface area contributed by atoms with Crippen molar-refractivity contribution in [1.29, 1.82) is 0 Å². The minimum atomic E-state index is -1.07. The van der Waals surface area contributed by atoms with Gasteiger partial charge in [-0.3, -0.25) is 9.78 Å². The van der Waals surface area contributed by atoms with E-state index in [1.165, 1.54) is 6.92 Å². The minimum absolute atomic E-state index is 0.269. The van der Waals surface area contributed by atoms with E-state index in [9.17, 15) is 9.59 Å². The quantitative estimate of drug-likeness (QED) is 0.717. The predicted molar refractivity (Wildman–Crippen MR) is 61.4 cm³/mol. The Morgan fingerprint density at radius 1 is 1.53 bits per heavy atom. The summed E-state index contributed by atoms with van der Waals surface area (Å²) in [6.07, 6.45) is 1.64. The summed E-state index contributed by atoms with van der Waals surface area (Å²) in [6, 6.07) is 2.26. The van der Waals surface area contributed by atoms with Crippen molar-refractivity contribution in [2.24, 2.45) is 0 Å². The fourth-order valence-corrected chi connectivity index (χ4v) is 1.18. The van der Waals surface area contributed by atoms with Gasteiger partial charge in [-0.2, -0.15) is 0 Å². The van der Waals surface area contributed by atoms with Crippen LogP contribution in [-0.2, 0) is 11.3 Å². The van der Waals surface area contributed by atoms with Gasteiger partial charge in [0.1, 0.15) is 6.04 Å². The fourth-order valence-electron chi connectivity index (χ4n) is 1.18. The van der Waals surface area contributed by atoms with Gasteiger partial charge in [0, 0.05) is 6.20 Å². The van der Waals surface area contributed by atoms with Gasteiger partial charge in [0.05, 0.1) is 12.2 Å². The maximum Gasteiger partial charge on any atom is 0.325 e. The molecule has 0 radical (unpaired) electrons. The zero-order valence-electron chi connectivity index (χ0n) is 9.73. The molecule has 0 spiro atoms. The van der Waals surface area contributed by atoms with Crippen molar-refractivity contribution < 1.29 is 14.7 Å². The van der Waals surface area contributed by atoms with Crippen LogP contribution in [0.4, 0.5) is 4.79 Å². The van der Waals surface area contributed by atoms with Crippen molar-refractivity contribution in [2.45, 2.75) is 26.4 Å². The molecule has 0 unspecified atom stereocenters. The number of nitrogens with one attached hydrogen (secondary N) is 2. The SMILES string of the molecule is Cc1cccnc1CNC(=O)N[C@H](C)C(=O)O.